The van der Waals surface area contributed by atoms with Crippen LogP contribution in [0.1, 0.15) is 0 Å². The zero-order valence-corrected chi connectivity index (χ0v) is 10.6. The number of hydrogen-bond donors (Lipinski definition) is 2. The molecule has 20 heavy (non-hydrogen) atoms. The highest BCUT2D eigenvalue weighted by atomic mass is 16.3. The number of nitrogens with zero attached hydrogens (tertiary/aromatic N) is 2. The van der Waals surface area contributed by atoms with Gasteiger partial charge in [0, 0.05) is 18.0 Å². The smallest absolute Gasteiger partial charge is 0.129 e. The Hall–Kier alpha value is -2.88. The molecule has 4 nitrogen and oxygen atoms in total. The van der Waals surface area contributed by atoms with E-state index in [9.17, 15) is 10.2 Å². The summed E-state index contributed by atoms with van der Waals surface area (Å²) in [6.45, 7) is 0. The van der Waals surface area contributed by atoms with E-state index < -0.39 is 0 Å². The average Bonchev–Trinajstić information content (AvgIpc) is 2.48. The summed E-state index contributed by atoms with van der Waals surface area (Å²) in [5, 5.41) is 20.3. The number of benzene rings is 1. The Bertz CT molecular complexity index is 705. The predicted molar refractivity (Wildman–Crippen MR) is 76.2 cm³/mol. The van der Waals surface area contributed by atoms with E-state index in [-0.39, 0.29) is 11.5 Å². The summed E-state index contributed by atoms with van der Waals surface area (Å²) in [6, 6.07) is 13.9. The number of phenols is 2. The van der Waals surface area contributed by atoms with Crippen LogP contribution in [0.25, 0.3) is 22.5 Å². The van der Waals surface area contributed by atoms with Gasteiger partial charge in [0.05, 0.1) is 17.0 Å². The monoisotopic (exact) mass is 264 g/mol. The minimum absolute atomic E-state index is 0.0237. The quantitative estimate of drug-likeness (QED) is 0.745. The molecule has 1 aromatic carbocycles. The number of aromatic hydroxyl groups is 2. The van der Waals surface area contributed by atoms with E-state index in [0.29, 0.717) is 22.5 Å². The highest BCUT2D eigenvalue weighted by molar-refractivity contribution is 5.78. The van der Waals surface area contributed by atoms with Gasteiger partial charge < -0.3 is 10.2 Å². The summed E-state index contributed by atoms with van der Waals surface area (Å²) in [6.07, 6.45) is 3.27. The van der Waals surface area contributed by atoms with Crippen molar-refractivity contribution in [2.75, 3.05) is 0 Å². The summed E-state index contributed by atoms with van der Waals surface area (Å²) < 4.78 is 0. The van der Waals surface area contributed by atoms with E-state index in [0.717, 1.165) is 0 Å². The molecule has 0 spiro atoms. The first-order chi connectivity index (χ1) is 9.75. The maximum Gasteiger partial charge on any atom is 0.129 e. The lowest BCUT2D eigenvalue weighted by Gasteiger charge is -2.09. The lowest BCUT2D eigenvalue weighted by molar-refractivity contribution is 0.454. The molecule has 0 saturated carbocycles. The van der Waals surface area contributed by atoms with Crippen LogP contribution in [0.4, 0.5) is 0 Å². The zero-order valence-electron chi connectivity index (χ0n) is 10.6. The van der Waals surface area contributed by atoms with E-state index in [4.69, 9.17) is 0 Å². The van der Waals surface area contributed by atoms with Crippen molar-refractivity contribution in [2.45, 2.75) is 0 Å². The molecule has 0 unspecified atom stereocenters. The third-order valence-corrected chi connectivity index (χ3v) is 2.98. The fourth-order valence-corrected chi connectivity index (χ4v) is 2.07. The Balaban J connectivity index is 2.13. The Morgan fingerprint density at radius 1 is 0.700 bits per heavy atom. The van der Waals surface area contributed by atoms with Crippen molar-refractivity contribution < 1.29 is 10.2 Å². The molecule has 0 aliphatic heterocycles. The number of rotatable bonds is 2. The standard InChI is InChI=1S/C16H12N2O2/c19-14-9-11(12-5-1-3-7-17-12)10-15(20)16(14)13-6-2-4-8-18-13/h1-10,19-20H. The molecule has 3 aromatic rings. The summed E-state index contributed by atoms with van der Waals surface area (Å²) >= 11 is 0. The summed E-state index contributed by atoms with van der Waals surface area (Å²) in [5.41, 5.74) is 2.19. The van der Waals surface area contributed by atoms with Crippen molar-refractivity contribution >= 4 is 0 Å². The number of pyridine rings is 2. The van der Waals surface area contributed by atoms with Crippen molar-refractivity contribution in [1.29, 1.82) is 0 Å². The molecule has 2 aromatic heterocycles. The summed E-state index contributed by atoms with van der Waals surface area (Å²) in [5.74, 6) is -0.0475. The van der Waals surface area contributed by atoms with E-state index in [1.54, 1.807) is 42.7 Å². The van der Waals surface area contributed by atoms with E-state index in [1.165, 1.54) is 0 Å². The van der Waals surface area contributed by atoms with Gasteiger partial charge in [-0.1, -0.05) is 12.1 Å². The largest absolute Gasteiger partial charge is 0.507 e. The zero-order chi connectivity index (χ0) is 13.9. The fraction of sp³-hybridized carbons (Fsp3) is 0. The normalized spacial score (nSPS) is 10.4. The van der Waals surface area contributed by atoms with Gasteiger partial charge in [0.15, 0.2) is 0 Å². The molecule has 3 rings (SSSR count). The predicted octanol–water partition coefficient (Wildman–Crippen LogP) is 3.22. The molecule has 0 radical (unpaired) electrons. The van der Waals surface area contributed by atoms with Gasteiger partial charge in [0.1, 0.15) is 11.5 Å². The van der Waals surface area contributed by atoms with Crippen LogP contribution in [0, 0.1) is 0 Å². The lowest BCUT2D eigenvalue weighted by Crippen LogP contribution is -1.87. The molecule has 0 bridgehead atoms. The van der Waals surface area contributed by atoms with Crippen molar-refractivity contribution in [3.05, 3.63) is 60.9 Å². The summed E-state index contributed by atoms with van der Waals surface area (Å²) in [4.78, 5) is 8.33. The van der Waals surface area contributed by atoms with Crippen molar-refractivity contribution in [1.82, 2.24) is 9.97 Å². The molecule has 0 aliphatic carbocycles. The number of aromatic nitrogens is 2. The van der Waals surface area contributed by atoms with Crippen LogP contribution < -0.4 is 0 Å². The summed E-state index contributed by atoms with van der Waals surface area (Å²) in [7, 11) is 0. The van der Waals surface area contributed by atoms with E-state index in [2.05, 4.69) is 9.97 Å². The Kier molecular flexibility index (Phi) is 3.05. The van der Waals surface area contributed by atoms with Crippen molar-refractivity contribution in [3.8, 4) is 34.0 Å². The third kappa shape index (κ3) is 2.19. The Morgan fingerprint density at radius 3 is 1.75 bits per heavy atom. The van der Waals surface area contributed by atoms with Gasteiger partial charge in [0.2, 0.25) is 0 Å². The molecule has 2 heterocycles. The number of hydrogen-bond acceptors (Lipinski definition) is 4. The van der Waals surface area contributed by atoms with E-state index in [1.807, 2.05) is 18.2 Å². The molecular weight excluding hydrogens is 252 g/mol. The topological polar surface area (TPSA) is 66.2 Å². The average molecular weight is 264 g/mol. The highest BCUT2D eigenvalue weighted by Gasteiger charge is 2.14. The van der Waals surface area contributed by atoms with Crippen LogP contribution in [0.15, 0.2) is 60.9 Å². The van der Waals surface area contributed by atoms with Crippen molar-refractivity contribution in [2.24, 2.45) is 0 Å². The molecule has 98 valence electrons. The molecule has 0 atom stereocenters. The first-order valence-corrected chi connectivity index (χ1v) is 6.14. The molecular formula is C16H12N2O2. The second-order valence-electron chi connectivity index (χ2n) is 4.32. The fourth-order valence-electron chi connectivity index (χ4n) is 2.07. The van der Waals surface area contributed by atoms with E-state index >= 15 is 0 Å². The molecule has 0 saturated heterocycles. The van der Waals surface area contributed by atoms with Crippen LogP contribution in [0.2, 0.25) is 0 Å². The SMILES string of the molecule is Oc1cc(-c2ccccn2)cc(O)c1-c1ccccn1. The van der Waals surface area contributed by atoms with Gasteiger partial charge in [-0.3, -0.25) is 9.97 Å². The van der Waals surface area contributed by atoms with Crippen LogP contribution in [0.3, 0.4) is 0 Å². The molecule has 2 N–H and O–H groups in total. The van der Waals surface area contributed by atoms with Gasteiger partial charge in [-0.2, -0.15) is 0 Å². The molecule has 0 fully saturated rings. The Labute approximate surface area is 116 Å². The third-order valence-electron chi connectivity index (χ3n) is 2.98. The van der Waals surface area contributed by atoms with Gasteiger partial charge in [-0.05, 0) is 36.4 Å². The number of phenolic OH excluding ortho intramolecular Hbond substituents is 2. The molecule has 0 aliphatic rings. The van der Waals surface area contributed by atoms with Crippen LogP contribution in [-0.4, -0.2) is 20.2 Å². The second kappa shape index (κ2) is 5.01. The van der Waals surface area contributed by atoms with Gasteiger partial charge in [0.25, 0.3) is 0 Å². The first-order valence-electron chi connectivity index (χ1n) is 6.14. The molecule has 4 heteroatoms. The minimum atomic E-state index is -0.0237. The van der Waals surface area contributed by atoms with Crippen LogP contribution >= 0.6 is 0 Å². The molecule has 0 amide bonds. The van der Waals surface area contributed by atoms with Gasteiger partial charge >= 0.3 is 0 Å². The second-order valence-corrected chi connectivity index (χ2v) is 4.32. The minimum Gasteiger partial charge on any atom is -0.507 e. The van der Waals surface area contributed by atoms with Crippen LogP contribution in [-0.2, 0) is 0 Å². The first kappa shape index (κ1) is 12.2. The van der Waals surface area contributed by atoms with Crippen LogP contribution in [0.5, 0.6) is 11.5 Å². The van der Waals surface area contributed by atoms with Gasteiger partial charge in [-0.25, -0.2) is 0 Å². The van der Waals surface area contributed by atoms with Crippen molar-refractivity contribution in [3.63, 3.8) is 0 Å². The van der Waals surface area contributed by atoms with Gasteiger partial charge in [-0.15, -0.1) is 0 Å². The highest BCUT2D eigenvalue weighted by Crippen LogP contribution is 2.39. The lowest BCUT2D eigenvalue weighted by atomic mass is 10.0. The maximum absolute atomic E-state index is 10.2. The maximum atomic E-state index is 10.2. The Morgan fingerprint density at radius 2 is 1.25 bits per heavy atom.